The normalized spacial score (nSPS) is 12.9. The molecule has 66 valence electrons. The summed E-state index contributed by atoms with van der Waals surface area (Å²) >= 11 is 5.10. The third kappa shape index (κ3) is 7.72. The minimum atomic E-state index is -0.206. The van der Waals surface area contributed by atoms with Gasteiger partial charge in [-0.05, 0) is 6.42 Å². The quantitative estimate of drug-likeness (QED) is 0.488. The van der Waals surface area contributed by atoms with Crippen molar-refractivity contribution in [1.82, 2.24) is 0 Å². The van der Waals surface area contributed by atoms with E-state index in [1.54, 1.807) is 0 Å². The van der Waals surface area contributed by atoms with Gasteiger partial charge in [0, 0.05) is 6.42 Å². The summed E-state index contributed by atoms with van der Waals surface area (Å²) < 4.78 is 0. The van der Waals surface area contributed by atoms with Crippen molar-refractivity contribution >= 4 is 18.5 Å². The van der Waals surface area contributed by atoms with Crippen LogP contribution in [0.5, 0.6) is 0 Å². The highest BCUT2D eigenvalue weighted by Crippen LogP contribution is 2.06. The van der Waals surface area contributed by atoms with Crippen molar-refractivity contribution in [3.8, 4) is 0 Å². The number of carbonyl (C=O) groups is 1. The molecule has 11 heavy (non-hydrogen) atoms. The van der Waals surface area contributed by atoms with E-state index in [4.69, 9.17) is 18.4 Å². The summed E-state index contributed by atoms with van der Waals surface area (Å²) in [5.41, 5.74) is 4.98. The Bertz CT molecular complexity index is 117. The molecule has 1 amide bonds. The van der Waals surface area contributed by atoms with Crippen LogP contribution in [0.3, 0.4) is 0 Å². The van der Waals surface area contributed by atoms with E-state index in [2.05, 4.69) is 6.92 Å². The van der Waals surface area contributed by atoms with E-state index in [9.17, 15) is 4.79 Å². The molecule has 0 aliphatic heterocycles. The Morgan fingerprint density at radius 2 is 2.18 bits per heavy atom. The van der Waals surface area contributed by atoms with E-state index in [1.165, 1.54) is 0 Å². The van der Waals surface area contributed by atoms with Gasteiger partial charge in [-0.3, -0.25) is 4.79 Å². The van der Waals surface area contributed by atoms with Crippen molar-refractivity contribution in [3.63, 3.8) is 0 Å². The van der Waals surface area contributed by atoms with Crippen LogP contribution in [0.2, 0.25) is 0 Å². The van der Waals surface area contributed by atoms with Crippen LogP contribution >= 0.6 is 0 Å². The predicted octanol–water partition coefficient (Wildman–Crippen LogP) is 1.36. The first-order valence-corrected chi connectivity index (χ1v) is 4.58. The van der Waals surface area contributed by atoms with Gasteiger partial charge in [0.2, 0.25) is 5.91 Å². The highest BCUT2D eigenvalue weighted by Gasteiger charge is 1.94. The van der Waals surface area contributed by atoms with Crippen molar-refractivity contribution in [3.05, 3.63) is 0 Å². The lowest BCUT2D eigenvalue weighted by Crippen LogP contribution is -2.10. The molecule has 0 radical (unpaired) electrons. The van der Waals surface area contributed by atoms with E-state index < -0.39 is 0 Å². The monoisotopic (exact) mass is 174 g/mol. The molecule has 0 aromatic rings. The Labute approximate surface area is 74.0 Å². The van der Waals surface area contributed by atoms with Gasteiger partial charge in [-0.15, -0.1) is 0 Å². The zero-order valence-corrected chi connectivity index (χ0v) is 7.82. The predicted molar refractivity (Wildman–Crippen MR) is 49.1 cm³/mol. The maximum atomic E-state index is 10.3. The molecule has 0 fully saturated rings. The number of primary amides is 1. The van der Waals surface area contributed by atoms with Crippen LogP contribution in [0.25, 0.3) is 0 Å². The molecule has 0 spiro atoms. The second-order valence-corrected chi connectivity index (χ2v) is 3.41. The third-order valence-corrected chi connectivity index (χ3v) is 2.22. The number of nitrogens with two attached hydrogens (primary N) is 1. The van der Waals surface area contributed by atoms with Gasteiger partial charge in [-0.25, -0.2) is 0 Å². The van der Waals surface area contributed by atoms with Crippen molar-refractivity contribution in [2.24, 2.45) is 5.73 Å². The molecule has 3 heteroatoms. The van der Waals surface area contributed by atoms with E-state index in [-0.39, 0.29) is 5.91 Å². The SMILES string of the molecule is CC[C@H]([S-])CCCCC(N)=O. The maximum Gasteiger partial charge on any atom is 0.217 e. The van der Waals surface area contributed by atoms with Gasteiger partial charge < -0.3 is 18.4 Å². The van der Waals surface area contributed by atoms with Crippen molar-refractivity contribution in [1.29, 1.82) is 0 Å². The summed E-state index contributed by atoms with van der Waals surface area (Å²) in [6.07, 6.45) is 4.52. The lowest BCUT2D eigenvalue weighted by molar-refractivity contribution is -0.118. The van der Waals surface area contributed by atoms with Crippen LogP contribution in [0.1, 0.15) is 39.0 Å². The van der Waals surface area contributed by atoms with Crippen LogP contribution in [0.15, 0.2) is 0 Å². The van der Waals surface area contributed by atoms with Gasteiger partial charge >= 0.3 is 0 Å². The Kier molecular flexibility index (Phi) is 6.42. The Balaban J connectivity index is 3.08. The van der Waals surface area contributed by atoms with Crippen LogP contribution in [0.4, 0.5) is 0 Å². The van der Waals surface area contributed by atoms with Gasteiger partial charge in [0.25, 0.3) is 0 Å². The summed E-state index contributed by atoms with van der Waals surface area (Å²) in [6, 6.07) is 0. The molecule has 2 nitrogen and oxygen atoms in total. The fraction of sp³-hybridized carbons (Fsp3) is 0.875. The standard InChI is InChI=1S/C8H17NOS/c1-2-7(11)5-3-4-6-8(9)10/h7,11H,2-6H2,1H3,(H2,9,10)/p-1/t7-/m0/s1. The molecular formula is C8H16NOS-. The summed E-state index contributed by atoms with van der Waals surface area (Å²) in [5.74, 6) is -0.206. The number of carbonyl (C=O) groups excluding carboxylic acids is 1. The molecule has 0 heterocycles. The second-order valence-electron chi connectivity index (χ2n) is 2.74. The Hall–Kier alpha value is -0.180. The van der Waals surface area contributed by atoms with Crippen LogP contribution < -0.4 is 5.73 Å². The topological polar surface area (TPSA) is 43.1 Å². The fourth-order valence-electron chi connectivity index (χ4n) is 0.875. The molecule has 0 bridgehead atoms. The van der Waals surface area contributed by atoms with E-state index in [0.717, 1.165) is 25.7 Å². The highest BCUT2D eigenvalue weighted by molar-refractivity contribution is 7.59. The zero-order valence-electron chi connectivity index (χ0n) is 7.01. The molecular weight excluding hydrogens is 158 g/mol. The summed E-state index contributed by atoms with van der Waals surface area (Å²) in [5, 5.41) is 0.378. The van der Waals surface area contributed by atoms with Gasteiger partial charge in [0.05, 0.1) is 0 Å². The largest absolute Gasteiger partial charge is 0.789 e. The molecule has 1 atom stereocenters. The van der Waals surface area contributed by atoms with Crippen molar-refractivity contribution in [2.75, 3.05) is 0 Å². The van der Waals surface area contributed by atoms with Crippen molar-refractivity contribution in [2.45, 2.75) is 44.3 Å². The molecule has 0 aromatic carbocycles. The van der Waals surface area contributed by atoms with Crippen LogP contribution in [0, 0.1) is 0 Å². The molecule has 0 saturated heterocycles. The zero-order chi connectivity index (χ0) is 8.69. The molecule has 0 rings (SSSR count). The smallest absolute Gasteiger partial charge is 0.217 e. The van der Waals surface area contributed by atoms with Gasteiger partial charge in [0.15, 0.2) is 0 Å². The van der Waals surface area contributed by atoms with Gasteiger partial charge in [0.1, 0.15) is 0 Å². The first-order chi connectivity index (χ1) is 5.16. The fourth-order valence-corrected chi connectivity index (χ4v) is 1.04. The van der Waals surface area contributed by atoms with Crippen molar-refractivity contribution < 1.29 is 4.79 Å². The lowest BCUT2D eigenvalue weighted by Gasteiger charge is -2.19. The van der Waals surface area contributed by atoms with E-state index in [0.29, 0.717) is 11.7 Å². The summed E-state index contributed by atoms with van der Waals surface area (Å²) in [6.45, 7) is 2.09. The van der Waals surface area contributed by atoms with E-state index in [1.807, 2.05) is 0 Å². The number of hydrogen-bond donors (Lipinski definition) is 1. The Morgan fingerprint density at radius 3 is 2.64 bits per heavy atom. The maximum absolute atomic E-state index is 10.3. The minimum absolute atomic E-state index is 0.206. The van der Waals surface area contributed by atoms with Crippen LogP contribution in [-0.4, -0.2) is 11.2 Å². The Morgan fingerprint density at radius 1 is 1.55 bits per heavy atom. The first-order valence-electron chi connectivity index (χ1n) is 4.11. The number of rotatable bonds is 6. The number of hydrogen-bond acceptors (Lipinski definition) is 2. The van der Waals surface area contributed by atoms with Gasteiger partial charge in [-0.2, -0.15) is 5.25 Å². The second kappa shape index (κ2) is 6.53. The molecule has 2 N–H and O–H groups in total. The molecule has 0 saturated carbocycles. The minimum Gasteiger partial charge on any atom is -0.789 e. The number of amides is 1. The first kappa shape index (κ1) is 10.8. The third-order valence-electron chi connectivity index (χ3n) is 1.65. The molecule has 0 aliphatic carbocycles. The lowest BCUT2D eigenvalue weighted by atomic mass is 10.1. The molecule has 0 aromatic heterocycles. The van der Waals surface area contributed by atoms with Crippen LogP contribution in [-0.2, 0) is 17.4 Å². The highest BCUT2D eigenvalue weighted by atomic mass is 32.1. The average Bonchev–Trinajstić information content (AvgIpc) is 1.97. The molecule has 0 aliphatic rings. The van der Waals surface area contributed by atoms with E-state index >= 15 is 0 Å². The summed E-state index contributed by atoms with van der Waals surface area (Å²) in [7, 11) is 0. The summed E-state index contributed by atoms with van der Waals surface area (Å²) in [4.78, 5) is 10.3. The van der Waals surface area contributed by atoms with Gasteiger partial charge in [-0.1, -0.05) is 26.2 Å². The average molecular weight is 174 g/mol. The molecule has 0 unspecified atom stereocenters. The number of unbranched alkanes of at least 4 members (excludes halogenated alkanes) is 1.